The Balaban J connectivity index is 2.32. The van der Waals surface area contributed by atoms with Crippen LogP contribution in [0.3, 0.4) is 0 Å². The monoisotopic (exact) mass is 351 g/mol. The Kier molecular flexibility index (Phi) is 6.37. The van der Waals surface area contributed by atoms with Crippen LogP contribution < -0.4 is 5.73 Å². The second-order valence-corrected chi connectivity index (χ2v) is 8.98. The topological polar surface area (TPSA) is 72.5 Å². The number of aliphatic hydroxyl groups is 1. The van der Waals surface area contributed by atoms with E-state index in [1.807, 2.05) is 0 Å². The van der Waals surface area contributed by atoms with Gasteiger partial charge in [0, 0.05) is 6.54 Å². The minimum atomic E-state index is -0.423. The van der Waals surface area contributed by atoms with Gasteiger partial charge in [0.1, 0.15) is 0 Å². The van der Waals surface area contributed by atoms with Crippen molar-refractivity contribution in [1.82, 2.24) is 0 Å². The Labute approximate surface area is 153 Å². The van der Waals surface area contributed by atoms with E-state index in [-0.39, 0.29) is 29.3 Å². The van der Waals surface area contributed by atoms with Crippen LogP contribution in [0, 0.1) is 28.6 Å². The zero-order valence-electron chi connectivity index (χ0n) is 16.7. The highest BCUT2D eigenvalue weighted by Crippen LogP contribution is 2.61. The smallest absolute Gasteiger partial charge is 0.311 e. The van der Waals surface area contributed by atoms with Gasteiger partial charge in [0.15, 0.2) is 0 Å². The number of hydrogen-bond acceptors (Lipinski definition) is 4. The van der Waals surface area contributed by atoms with E-state index < -0.39 is 5.41 Å². The lowest BCUT2D eigenvalue weighted by Crippen LogP contribution is -2.53. The molecular formula is C21H37NO3. The molecule has 1 fully saturated rings. The Morgan fingerprint density at radius 1 is 1.40 bits per heavy atom. The number of esters is 1. The number of carbonyl (C=O) groups is 1. The van der Waals surface area contributed by atoms with Crippen LogP contribution in [0.2, 0.25) is 0 Å². The number of ether oxygens (including phenoxy) is 1. The zero-order valence-corrected chi connectivity index (χ0v) is 16.7. The molecule has 0 amide bonds. The van der Waals surface area contributed by atoms with Crippen molar-refractivity contribution in [2.75, 3.05) is 13.7 Å². The van der Waals surface area contributed by atoms with E-state index in [1.165, 1.54) is 12.7 Å². The summed E-state index contributed by atoms with van der Waals surface area (Å²) < 4.78 is 5.18. The average molecular weight is 352 g/mol. The molecule has 144 valence electrons. The number of allylic oxidation sites excluding steroid dienone is 1. The molecule has 2 aliphatic carbocycles. The molecule has 1 unspecified atom stereocenters. The fraction of sp³-hybridized carbons (Fsp3) is 0.857. The van der Waals surface area contributed by atoms with Crippen molar-refractivity contribution in [2.24, 2.45) is 34.3 Å². The lowest BCUT2D eigenvalue weighted by atomic mass is 9.47. The van der Waals surface area contributed by atoms with Gasteiger partial charge in [-0.1, -0.05) is 38.8 Å². The van der Waals surface area contributed by atoms with E-state index in [0.717, 1.165) is 38.5 Å². The first-order chi connectivity index (χ1) is 11.7. The molecule has 0 aliphatic heterocycles. The van der Waals surface area contributed by atoms with Crippen molar-refractivity contribution >= 4 is 5.97 Å². The Bertz CT molecular complexity index is 515. The van der Waals surface area contributed by atoms with Crippen LogP contribution >= 0.6 is 0 Å². The second-order valence-electron chi connectivity index (χ2n) is 8.98. The molecule has 4 nitrogen and oxygen atoms in total. The van der Waals surface area contributed by atoms with Crippen LogP contribution in [0.1, 0.15) is 66.2 Å². The molecule has 3 N–H and O–H groups in total. The predicted octanol–water partition coefficient (Wildman–Crippen LogP) is 3.67. The Morgan fingerprint density at radius 3 is 2.64 bits per heavy atom. The maximum atomic E-state index is 12.6. The summed E-state index contributed by atoms with van der Waals surface area (Å²) in [6.45, 7) is 9.12. The molecule has 0 heterocycles. The molecule has 2 rings (SSSR count). The molecule has 0 aromatic rings. The third-order valence-electron chi connectivity index (χ3n) is 7.24. The highest BCUT2D eigenvalue weighted by atomic mass is 16.5. The van der Waals surface area contributed by atoms with Crippen LogP contribution in [0.25, 0.3) is 0 Å². The minimum Gasteiger partial charge on any atom is -0.469 e. The summed E-state index contributed by atoms with van der Waals surface area (Å²) in [7, 11) is 1.50. The molecule has 0 saturated heterocycles. The van der Waals surface area contributed by atoms with Gasteiger partial charge in [-0.05, 0) is 62.2 Å². The van der Waals surface area contributed by atoms with E-state index in [1.54, 1.807) is 0 Å². The molecule has 0 aromatic carbocycles. The Morgan fingerprint density at radius 2 is 2.08 bits per heavy atom. The van der Waals surface area contributed by atoms with Gasteiger partial charge in [-0.25, -0.2) is 0 Å². The molecule has 2 aliphatic rings. The first-order valence-electron chi connectivity index (χ1n) is 9.86. The molecule has 5 atom stereocenters. The molecule has 4 heteroatoms. The van der Waals surface area contributed by atoms with Crippen LogP contribution in [-0.2, 0) is 9.53 Å². The molecule has 0 radical (unpaired) electrons. The van der Waals surface area contributed by atoms with Gasteiger partial charge in [-0.15, -0.1) is 0 Å². The third kappa shape index (κ3) is 3.66. The van der Waals surface area contributed by atoms with E-state index in [2.05, 4.69) is 33.8 Å². The maximum Gasteiger partial charge on any atom is 0.311 e. The number of methoxy groups -OCH3 is 1. The molecule has 0 aromatic heterocycles. The predicted molar refractivity (Wildman–Crippen MR) is 101 cm³/mol. The fourth-order valence-corrected chi connectivity index (χ4v) is 5.58. The highest BCUT2D eigenvalue weighted by molar-refractivity contribution is 5.77. The van der Waals surface area contributed by atoms with E-state index in [0.29, 0.717) is 12.5 Å². The molecule has 1 saturated carbocycles. The largest absolute Gasteiger partial charge is 0.469 e. The quantitative estimate of drug-likeness (QED) is 0.566. The summed E-state index contributed by atoms with van der Waals surface area (Å²) in [5, 5.41) is 10.3. The number of nitrogens with two attached hydrogens (primary N) is 1. The Hall–Kier alpha value is -0.870. The van der Waals surface area contributed by atoms with E-state index >= 15 is 0 Å². The van der Waals surface area contributed by atoms with Crippen molar-refractivity contribution in [1.29, 1.82) is 0 Å². The first-order valence-corrected chi connectivity index (χ1v) is 9.86. The lowest BCUT2D eigenvalue weighted by molar-refractivity contribution is -0.166. The van der Waals surface area contributed by atoms with Crippen molar-refractivity contribution < 1.29 is 14.6 Å². The van der Waals surface area contributed by atoms with Gasteiger partial charge >= 0.3 is 5.97 Å². The molecule has 0 spiro atoms. The number of carbonyl (C=O) groups excluding carboxylic acids is 1. The summed E-state index contributed by atoms with van der Waals surface area (Å²) >= 11 is 0. The molecule has 0 bridgehead atoms. The third-order valence-corrected chi connectivity index (χ3v) is 7.24. The summed E-state index contributed by atoms with van der Waals surface area (Å²) in [6.07, 6.45) is 7.67. The van der Waals surface area contributed by atoms with E-state index in [4.69, 9.17) is 10.5 Å². The number of hydrogen-bond donors (Lipinski definition) is 2. The van der Waals surface area contributed by atoms with Crippen LogP contribution in [0.15, 0.2) is 11.6 Å². The summed E-state index contributed by atoms with van der Waals surface area (Å²) in [4.78, 5) is 12.6. The lowest BCUT2D eigenvalue weighted by Gasteiger charge is -2.56. The van der Waals surface area contributed by atoms with Gasteiger partial charge in [-0.3, -0.25) is 4.79 Å². The summed E-state index contributed by atoms with van der Waals surface area (Å²) in [5.74, 6) is 0.810. The van der Waals surface area contributed by atoms with Crippen molar-refractivity contribution in [3.63, 3.8) is 0 Å². The fourth-order valence-electron chi connectivity index (χ4n) is 5.58. The minimum absolute atomic E-state index is 0.0430. The number of aliphatic hydroxyl groups excluding tert-OH is 1. The maximum absolute atomic E-state index is 12.6. The standard InChI is InChI=1S/C21H37NO3/c1-14(2)17(23)9-8-16-15(13-22)7-10-18-20(16,3)11-6-12-21(18,4)19(24)25-5/h7,14,16-18,23H,6,8-13,22H2,1-5H3/t16-,17?,18+,20+,21+/m0/s1. The van der Waals surface area contributed by atoms with Gasteiger partial charge < -0.3 is 15.6 Å². The normalized spacial score (nSPS) is 36.6. The van der Waals surface area contributed by atoms with Crippen molar-refractivity contribution in [3.05, 3.63) is 11.6 Å². The van der Waals surface area contributed by atoms with E-state index in [9.17, 15) is 9.90 Å². The molecule has 25 heavy (non-hydrogen) atoms. The number of fused-ring (bicyclic) bond motifs is 1. The van der Waals surface area contributed by atoms with Gasteiger partial charge in [0.05, 0.1) is 18.6 Å². The average Bonchev–Trinajstić information content (AvgIpc) is 2.58. The van der Waals surface area contributed by atoms with Crippen molar-refractivity contribution in [2.45, 2.75) is 72.3 Å². The first kappa shape index (κ1) is 20.4. The summed E-state index contributed by atoms with van der Waals surface area (Å²) in [5.41, 5.74) is 7.00. The van der Waals surface area contributed by atoms with Gasteiger partial charge in [0.2, 0.25) is 0 Å². The second kappa shape index (κ2) is 7.79. The highest BCUT2D eigenvalue weighted by Gasteiger charge is 2.57. The van der Waals surface area contributed by atoms with Crippen LogP contribution in [0.5, 0.6) is 0 Å². The van der Waals surface area contributed by atoms with Crippen LogP contribution in [0.4, 0.5) is 0 Å². The summed E-state index contributed by atoms with van der Waals surface area (Å²) in [6, 6.07) is 0. The van der Waals surface area contributed by atoms with Crippen LogP contribution in [-0.4, -0.2) is 30.8 Å². The number of rotatable bonds is 6. The van der Waals surface area contributed by atoms with Crippen molar-refractivity contribution in [3.8, 4) is 0 Å². The van der Waals surface area contributed by atoms with Gasteiger partial charge in [0.25, 0.3) is 0 Å². The SMILES string of the molecule is COC(=O)[C@]1(C)CCC[C@@]2(C)[C@H]1CC=C(CN)[C@@H]2CCC(O)C(C)C. The zero-order chi connectivity index (χ0) is 18.8. The van der Waals surface area contributed by atoms with Gasteiger partial charge in [-0.2, -0.15) is 0 Å². The molecular weight excluding hydrogens is 314 g/mol.